The number of sulfonamides is 1. The summed E-state index contributed by atoms with van der Waals surface area (Å²) in [6, 6.07) is 2.29. The number of nitrogens with zero attached hydrogens (tertiary/aromatic N) is 3. The number of carbonyl (C=O) groups excluding carboxylic acids is 1. The highest BCUT2D eigenvalue weighted by Crippen LogP contribution is 2.23. The molecule has 1 aliphatic heterocycles. The van der Waals surface area contributed by atoms with Gasteiger partial charge in [-0.3, -0.25) is 4.79 Å². The van der Waals surface area contributed by atoms with Crippen molar-refractivity contribution in [3.63, 3.8) is 0 Å². The predicted molar refractivity (Wildman–Crippen MR) is 87.0 cm³/mol. The normalized spacial score (nSPS) is 16.1. The van der Waals surface area contributed by atoms with Crippen molar-refractivity contribution in [3.8, 4) is 0 Å². The van der Waals surface area contributed by atoms with Crippen LogP contribution in [0.15, 0.2) is 27.6 Å². The molecule has 0 radical (unpaired) electrons. The highest BCUT2D eigenvalue weighted by molar-refractivity contribution is 7.89. The first-order chi connectivity index (χ1) is 12.2. The summed E-state index contributed by atoms with van der Waals surface area (Å²) < 4.78 is 58.3. The number of benzene rings is 1. The van der Waals surface area contributed by atoms with Gasteiger partial charge < -0.3 is 9.42 Å². The number of rotatable bonds is 3. The van der Waals surface area contributed by atoms with E-state index in [1.54, 1.807) is 13.8 Å². The molecule has 10 heteroatoms. The summed E-state index contributed by atoms with van der Waals surface area (Å²) in [4.78, 5) is 13.4. The molecule has 140 valence electrons. The molecule has 3 rings (SSSR count). The highest BCUT2D eigenvalue weighted by atomic mass is 32.2. The Kier molecular flexibility index (Phi) is 4.80. The molecule has 2 aromatic rings. The molecule has 7 nitrogen and oxygen atoms in total. The van der Waals surface area contributed by atoms with Crippen LogP contribution < -0.4 is 0 Å². The Morgan fingerprint density at radius 1 is 1.15 bits per heavy atom. The third-order valence-electron chi connectivity index (χ3n) is 4.28. The van der Waals surface area contributed by atoms with E-state index in [0.717, 1.165) is 16.4 Å². The first kappa shape index (κ1) is 18.5. The summed E-state index contributed by atoms with van der Waals surface area (Å²) in [7, 11) is -4.18. The number of piperazine rings is 1. The summed E-state index contributed by atoms with van der Waals surface area (Å²) in [6.45, 7) is 3.48. The molecule has 2 heterocycles. The van der Waals surface area contributed by atoms with Crippen molar-refractivity contribution in [2.75, 3.05) is 26.2 Å². The van der Waals surface area contributed by atoms with Gasteiger partial charge in [-0.25, -0.2) is 17.2 Å². The van der Waals surface area contributed by atoms with Crippen molar-refractivity contribution >= 4 is 15.9 Å². The first-order valence-electron chi connectivity index (χ1n) is 7.89. The van der Waals surface area contributed by atoms with E-state index in [1.165, 1.54) is 4.90 Å². The molecule has 1 aromatic heterocycles. The van der Waals surface area contributed by atoms with Gasteiger partial charge in [0.1, 0.15) is 27.9 Å². The summed E-state index contributed by atoms with van der Waals surface area (Å²) in [5.74, 6) is -1.75. The minimum Gasteiger partial charge on any atom is -0.361 e. The Bertz CT molecular complexity index is 931. The van der Waals surface area contributed by atoms with Crippen LogP contribution in [0, 0.1) is 25.5 Å². The lowest BCUT2D eigenvalue weighted by atomic mass is 10.1. The van der Waals surface area contributed by atoms with Crippen LogP contribution in [0.1, 0.15) is 21.8 Å². The van der Waals surface area contributed by atoms with E-state index in [1.807, 2.05) is 0 Å². The van der Waals surface area contributed by atoms with E-state index in [9.17, 15) is 22.0 Å². The first-order valence-corrected chi connectivity index (χ1v) is 9.33. The van der Waals surface area contributed by atoms with E-state index in [-0.39, 0.29) is 32.1 Å². The van der Waals surface area contributed by atoms with Crippen LogP contribution in [0.25, 0.3) is 0 Å². The monoisotopic (exact) mass is 385 g/mol. The molecule has 0 saturated carbocycles. The predicted octanol–water partition coefficient (Wildman–Crippen LogP) is 1.72. The van der Waals surface area contributed by atoms with Crippen LogP contribution in [-0.4, -0.2) is 54.9 Å². The molecular weight excluding hydrogens is 368 g/mol. The van der Waals surface area contributed by atoms with Gasteiger partial charge in [0.15, 0.2) is 0 Å². The molecule has 0 bridgehead atoms. The summed E-state index contributed by atoms with van der Waals surface area (Å²) in [6.07, 6.45) is 0. The van der Waals surface area contributed by atoms with E-state index in [0.29, 0.717) is 23.1 Å². The number of hydrogen-bond acceptors (Lipinski definition) is 5. The summed E-state index contributed by atoms with van der Waals surface area (Å²) in [5.41, 5.74) is 0.821. The molecule has 0 N–H and O–H groups in total. The van der Waals surface area contributed by atoms with Crippen molar-refractivity contribution in [1.29, 1.82) is 0 Å². The van der Waals surface area contributed by atoms with Gasteiger partial charge in [0.25, 0.3) is 5.91 Å². The number of carbonyl (C=O) groups is 1. The Labute approximate surface area is 149 Å². The molecule has 26 heavy (non-hydrogen) atoms. The second-order valence-corrected chi connectivity index (χ2v) is 7.88. The maximum absolute atomic E-state index is 13.8. The van der Waals surface area contributed by atoms with Crippen molar-refractivity contribution in [2.45, 2.75) is 18.7 Å². The van der Waals surface area contributed by atoms with Crippen LogP contribution in [-0.2, 0) is 10.0 Å². The molecule has 1 saturated heterocycles. The third-order valence-corrected chi connectivity index (χ3v) is 6.20. The van der Waals surface area contributed by atoms with Gasteiger partial charge in [0.2, 0.25) is 10.0 Å². The second-order valence-electron chi connectivity index (χ2n) is 5.97. The van der Waals surface area contributed by atoms with Crippen molar-refractivity contribution in [3.05, 3.63) is 46.9 Å². The molecule has 1 aliphatic rings. The van der Waals surface area contributed by atoms with Crippen LogP contribution in [0.4, 0.5) is 8.78 Å². The van der Waals surface area contributed by atoms with E-state index in [4.69, 9.17) is 4.52 Å². The number of amides is 1. The Morgan fingerprint density at radius 3 is 2.38 bits per heavy atom. The minimum absolute atomic E-state index is 0.0204. The molecular formula is C16H17F2N3O4S. The van der Waals surface area contributed by atoms with Gasteiger partial charge in [-0.2, -0.15) is 4.31 Å². The van der Waals surface area contributed by atoms with Gasteiger partial charge in [-0.05, 0) is 32.0 Å². The molecule has 0 aliphatic carbocycles. The van der Waals surface area contributed by atoms with Crippen molar-refractivity contribution < 1.29 is 26.5 Å². The van der Waals surface area contributed by atoms with Crippen molar-refractivity contribution in [2.24, 2.45) is 0 Å². The minimum atomic E-state index is -4.18. The number of halogens is 2. The van der Waals surface area contributed by atoms with Crippen molar-refractivity contribution in [1.82, 2.24) is 14.4 Å². The maximum Gasteiger partial charge on any atom is 0.259 e. The molecule has 0 unspecified atom stereocenters. The zero-order chi connectivity index (χ0) is 19.1. The molecule has 0 spiro atoms. The summed E-state index contributed by atoms with van der Waals surface area (Å²) in [5, 5.41) is 3.74. The van der Waals surface area contributed by atoms with Gasteiger partial charge >= 0.3 is 0 Å². The Balaban J connectivity index is 1.76. The van der Waals surface area contributed by atoms with E-state index in [2.05, 4.69) is 5.16 Å². The molecule has 1 aromatic carbocycles. The molecule has 1 fully saturated rings. The topological polar surface area (TPSA) is 83.7 Å². The SMILES string of the molecule is Cc1noc(C)c1C(=O)N1CCN(S(=O)(=O)c2cc(F)ccc2F)CC1. The molecule has 1 amide bonds. The lowest BCUT2D eigenvalue weighted by molar-refractivity contribution is 0.0695. The van der Waals surface area contributed by atoms with Gasteiger partial charge in [0, 0.05) is 26.2 Å². The van der Waals surface area contributed by atoms with Crippen LogP contribution in [0.5, 0.6) is 0 Å². The number of aryl methyl sites for hydroxylation is 2. The average molecular weight is 385 g/mol. The van der Waals surface area contributed by atoms with E-state index >= 15 is 0 Å². The fourth-order valence-electron chi connectivity index (χ4n) is 2.89. The van der Waals surface area contributed by atoms with Crippen LogP contribution >= 0.6 is 0 Å². The number of hydrogen-bond donors (Lipinski definition) is 0. The quantitative estimate of drug-likeness (QED) is 0.803. The number of aromatic nitrogens is 1. The third kappa shape index (κ3) is 3.21. The summed E-state index contributed by atoms with van der Waals surface area (Å²) >= 11 is 0. The van der Waals surface area contributed by atoms with Gasteiger partial charge in [-0.15, -0.1) is 0 Å². The fraction of sp³-hybridized carbons (Fsp3) is 0.375. The average Bonchev–Trinajstić information content (AvgIpc) is 2.95. The highest BCUT2D eigenvalue weighted by Gasteiger charge is 2.33. The lowest BCUT2D eigenvalue weighted by Crippen LogP contribution is -2.50. The smallest absolute Gasteiger partial charge is 0.259 e. The fourth-order valence-corrected chi connectivity index (χ4v) is 4.39. The van der Waals surface area contributed by atoms with Gasteiger partial charge in [0.05, 0.1) is 5.69 Å². The largest absolute Gasteiger partial charge is 0.361 e. The Hall–Kier alpha value is -2.33. The lowest BCUT2D eigenvalue weighted by Gasteiger charge is -2.34. The van der Waals surface area contributed by atoms with Crippen LogP contribution in [0.3, 0.4) is 0 Å². The van der Waals surface area contributed by atoms with Crippen LogP contribution in [0.2, 0.25) is 0 Å². The van der Waals surface area contributed by atoms with Gasteiger partial charge in [-0.1, -0.05) is 5.16 Å². The standard InChI is InChI=1S/C16H17F2N3O4S/c1-10-15(11(2)25-19-10)16(22)20-5-7-21(8-6-20)26(23,24)14-9-12(17)3-4-13(14)18/h3-4,9H,5-8H2,1-2H3. The molecule has 0 atom stereocenters. The maximum atomic E-state index is 13.8. The van der Waals surface area contributed by atoms with E-state index < -0.39 is 26.6 Å². The second kappa shape index (κ2) is 6.76. The Morgan fingerprint density at radius 2 is 1.81 bits per heavy atom. The zero-order valence-electron chi connectivity index (χ0n) is 14.2. The zero-order valence-corrected chi connectivity index (χ0v) is 15.0.